The van der Waals surface area contributed by atoms with Crippen LogP contribution in [0.1, 0.15) is 5.56 Å². The van der Waals surface area contributed by atoms with Crippen LogP contribution in [0.5, 0.6) is 0 Å². The number of nitrogens with zero attached hydrogens (tertiary/aromatic N) is 2. The number of benzene rings is 2. The molecule has 0 bridgehead atoms. The van der Waals surface area contributed by atoms with Crippen molar-refractivity contribution in [3.8, 4) is 11.3 Å². The number of hydrogen-bond donors (Lipinski definition) is 0. The van der Waals surface area contributed by atoms with E-state index < -0.39 is 0 Å². The Morgan fingerprint density at radius 2 is 1.97 bits per heavy atom. The predicted molar refractivity (Wildman–Crippen MR) is 110 cm³/mol. The molecule has 1 aromatic heterocycles. The van der Waals surface area contributed by atoms with Crippen LogP contribution in [0.4, 0.5) is 9.52 Å². The van der Waals surface area contributed by atoms with E-state index in [2.05, 4.69) is 4.98 Å². The van der Waals surface area contributed by atoms with Crippen LogP contribution < -0.4 is 4.90 Å². The van der Waals surface area contributed by atoms with Crippen molar-refractivity contribution in [1.82, 2.24) is 4.98 Å². The van der Waals surface area contributed by atoms with Gasteiger partial charge in [0.1, 0.15) is 25.3 Å². The summed E-state index contributed by atoms with van der Waals surface area (Å²) in [5.74, 6) is -0.615. The highest BCUT2D eigenvalue weighted by Gasteiger charge is 2.26. The quantitative estimate of drug-likeness (QED) is 0.570. The van der Waals surface area contributed by atoms with Crippen molar-refractivity contribution in [1.29, 1.82) is 0 Å². The van der Waals surface area contributed by atoms with Crippen molar-refractivity contribution >= 4 is 34.0 Å². The number of anilines is 1. The molecule has 0 saturated carbocycles. The van der Waals surface area contributed by atoms with E-state index in [1.165, 1.54) is 34.6 Å². The van der Waals surface area contributed by atoms with Gasteiger partial charge in [-0.3, -0.25) is 9.69 Å². The Balaban J connectivity index is 1.68. The van der Waals surface area contributed by atoms with Crippen LogP contribution in [-0.2, 0) is 20.8 Å². The van der Waals surface area contributed by atoms with Crippen LogP contribution in [-0.4, -0.2) is 24.1 Å². The summed E-state index contributed by atoms with van der Waals surface area (Å²) in [6, 6.07) is 13.3. The van der Waals surface area contributed by atoms with Crippen LogP contribution in [0.15, 0.2) is 65.9 Å². The second-order valence-corrected chi connectivity index (χ2v) is 7.46. The van der Waals surface area contributed by atoms with E-state index in [-0.39, 0.29) is 24.0 Å². The third-order valence-electron chi connectivity index (χ3n) is 4.23. The van der Waals surface area contributed by atoms with E-state index >= 15 is 0 Å². The minimum Gasteiger partial charge on any atom is -0.494 e. The molecule has 0 unspecified atom stereocenters. The average molecular weight is 431 g/mol. The first-order valence-electron chi connectivity index (χ1n) is 8.83. The first-order chi connectivity index (χ1) is 14.1. The summed E-state index contributed by atoms with van der Waals surface area (Å²) in [6.45, 7) is 0.892. The minimum atomic E-state index is -0.380. The van der Waals surface area contributed by atoms with Crippen molar-refractivity contribution in [3.63, 3.8) is 0 Å². The molecule has 2 aromatic carbocycles. The summed E-state index contributed by atoms with van der Waals surface area (Å²) < 4.78 is 24.0. The van der Waals surface area contributed by atoms with E-state index in [9.17, 15) is 9.18 Å². The van der Waals surface area contributed by atoms with Gasteiger partial charge in [-0.05, 0) is 23.8 Å². The lowest BCUT2D eigenvalue weighted by Crippen LogP contribution is -2.33. The maximum atomic E-state index is 13.3. The third kappa shape index (κ3) is 4.41. The van der Waals surface area contributed by atoms with Gasteiger partial charge in [0.05, 0.1) is 12.2 Å². The van der Waals surface area contributed by atoms with Crippen molar-refractivity contribution in [2.75, 3.05) is 18.1 Å². The van der Waals surface area contributed by atoms with Gasteiger partial charge in [0.25, 0.3) is 5.91 Å². The van der Waals surface area contributed by atoms with Gasteiger partial charge in [0, 0.05) is 16.0 Å². The number of ether oxygens (including phenoxy) is 2. The third-order valence-corrected chi connectivity index (χ3v) is 5.42. The van der Waals surface area contributed by atoms with Crippen LogP contribution in [0.3, 0.4) is 0 Å². The zero-order chi connectivity index (χ0) is 20.2. The second kappa shape index (κ2) is 8.63. The number of thiazole rings is 1. The van der Waals surface area contributed by atoms with E-state index in [0.29, 0.717) is 29.1 Å². The maximum absolute atomic E-state index is 13.3. The number of halogens is 2. The van der Waals surface area contributed by atoms with E-state index in [1.54, 1.807) is 18.2 Å². The zero-order valence-electron chi connectivity index (χ0n) is 15.2. The normalized spacial score (nSPS) is 13.2. The largest absolute Gasteiger partial charge is 0.494 e. The SMILES string of the molecule is O=C(C1=COCCO1)N(Cc1ccc(F)cc1)c1nc(-c2ccccc2Cl)cs1. The molecule has 0 radical (unpaired) electrons. The molecule has 1 aliphatic heterocycles. The molecule has 0 saturated heterocycles. The number of carbonyl (C=O) groups is 1. The molecule has 1 amide bonds. The van der Waals surface area contributed by atoms with E-state index in [0.717, 1.165) is 11.1 Å². The lowest BCUT2D eigenvalue weighted by molar-refractivity contribution is -0.119. The van der Waals surface area contributed by atoms with Gasteiger partial charge in [0.15, 0.2) is 5.13 Å². The molecule has 0 fully saturated rings. The fourth-order valence-electron chi connectivity index (χ4n) is 2.79. The predicted octanol–water partition coefficient (Wildman–Crippen LogP) is 5.02. The first kappa shape index (κ1) is 19.4. The molecule has 2 heterocycles. The van der Waals surface area contributed by atoms with Gasteiger partial charge in [0.2, 0.25) is 5.76 Å². The summed E-state index contributed by atoms with van der Waals surface area (Å²) >= 11 is 7.59. The Hall–Kier alpha value is -2.90. The second-order valence-electron chi connectivity index (χ2n) is 6.21. The van der Waals surface area contributed by atoms with E-state index in [4.69, 9.17) is 21.1 Å². The molecular formula is C21H16ClFN2O3S. The summed E-state index contributed by atoms with van der Waals surface area (Å²) in [4.78, 5) is 19.2. The lowest BCUT2D eigenvalue weighted by Gasteiger charge is -2.23. The molecule has 148 valence electrons. The number of hydrogen-bond acceptors (Lipinski definition) is 5. The zero-order valence-corrected chi connectivity index (χ0v) is 16.8. The molecular weight excluding hydrogens is 415 g/mol. The smallest absolute Gasteiger partial charge is 0.298 e. The van der Waals surface area contributed by atoms with Gasteiger partial charge in [-0.2, -0.15) is 0 Å². The highest BCUT2D eigenvalue weighted by molar-refractivity contribution is 7.14. The molecule has 4 rings (SSSR count). The van der Waals surface area contributed by atoms with Gasteiger partial charge in [-0.1, -0.05) is 41.9 Å². The van der Waals surface area contributed by atoms with Crippen LogP contribution in [0, 0.1) is 5.82 Å². The van der Waals surface area contributed by atoms with Crippen molar-refractivity contribution in [2.24, 2.45) is 0 Å². The average Bonchev–Trinajstić information content (AvgIpc) is 3.23. The standard InChI is InChI=1S/C21H16ClFN2O3S/c22-17-4-2-1-3-16(17)18-13-29-21(24-18)25(11-14-5-7-15(23)8-6-14)20(26)19-12-27-9-10-28-19/h1-8,12-13H,9-11H2. The fraction of sp³-hybridized carbons (Fsp3) is 0.143. The highest BCUT2D eigenvalue weighted by Crippen LogP contribution is 2.33. The number of aromatic nitrogens is 1. The summed E-state index contributed by atoms with van der Waals surface area (Å²) in [6.07, 6.45) is 1.31. The van der Waals surface area contributed by atoms with Gasteiger partial charge < -0.3 is 9.47 Å². The number of amides is 1. The van der Waals surface area contributed by atoms with Crippen LogP contribution >= 0.6 is 22.9 Å². The Morgan fingerprint density at radius 1 is 1.17 bits per heavy atom. The van der Waals surface area contributed by atoms with Crippen LogP contribution in [0.25, 0.3) is 11.3 Å². The maximum Gasteiger partial charge on any atom is 0.298 e. The number of rotatable bonds is 5. The minimum absolute atomic E-state index is 0.104. The first-order valence-corrected chi connectivity index (χ1v) is 10.1. The van der Waals surface area contributed by atoms with Crippen molar-refractivity contribution < 1.29 is 18.7 Å². The van der Waals surface area contributed by atoms with Crippen molar-refractivity contribution in [3.05, 3.63) is 82.3 Å². The van der Waals surface area contributed by atoms with Gasteiger partial charge >= 0.3 is 0 Å². The molecule has 8 heteroatoms. The number of carbonyl (C=O) groups excluding carboxylic acids is 1. The molecule has 3 aromatic rings. The molecule has 0 aliphatic carbocycles. The monoisotopic (exact) mass is 430 g/mol. The Kier molecular flexibility index (Phi) is 5.78. The topological polar surface area (TPSA) is 51.7 Å². The molecule has 0 atom stereocenters. The van der Waals surface area contributed by atoms with Gasteiger partial charge in [-0.15, -0.1) is 11.3 Å². The van der Waals surface area contributed by atoms with Crippen molar-refractivity contribution in [2.45, 2.75) is 6.54 Å². The molecule has 0 spiro atoms. The molecule has 0 N–H and O–H groups in total. The summed E-state index contributed by atoms with van der Waals surface area (Å²) in [5.41, 5.74) is 2.20. The summed E-state index contributed by atoms with van der Waals surface area (Å²) in [5, 5.41) is 2.89. The van der Waals surface area contributed by atoms with Crippen LogP contribution in [0.2, 0.25) is 5.02 Å². The van der Waals surface area contributed by atoms with E-state index in [1.807, 2.05) is 23.6 Å². The summed E-state index contributed by atoms with van der Waals surface area (Å²) in [7, 11) is 0. The molecule has 5 nitrogen and oxygen atoms in total. The highest BCUT2D eigenvalue weighted by atomic mass is 35.5. The Morgan fingerprint density at radius 3 is 2.69 bits per heavy atom. The molecule has 1 aliphatic rings. The Labute approximate surface area is 176 Å². The van der Waals surface area contributed by atoms with Gasteiger partial charge in [-0.25, -0.2) is 9.37 Å². The fourth-order valence-corrected chi connectivity index (χ4v) is 3.85. The lowest BCUT2D eigenvalue weighted by atomic mass is 10.2. The molecule has 29 heavy (non-hydrogen) atoms. The Bertz CT molecular complexity index is 1050.